The first-order chi connectivity index (χ1) is 6.70. The standard InChI is InChI=1S/C10H11NO3/c1-14-10(13)7-4-8(6-2-3-6)11-9(12)5-7/h4-6H,2-3H2,1H3,(H,11,12). The molecule has 1 saturated carbocycles. The fraction of sp³-hybridized carbons (Fsp3) is 0.400. The van der Waals surface area contributed by atoms with Gasteiger partial charge in [-0.1, -0.05) is 0 Å². The zero-order valence-electron chi connectivity index (χ0n) is 7.87. The predicted molar refractivity (Wildman–Crippen MR) is 50.4 cm³/mol. The van der Waals surface area contributed by atoms with Gasteiger partial charge in [0.15, 0.2) is 0 Å². The average molecular weight is 193 g/mol. The molecule has 0 spiro atoms. The van der Waals surface area contributed by atoms with Crippen molar-refractivity contribution in [2.75, 3.05) is 7.11 Å². The number of H-pyrrole nitrogens is 1. The van der Waals surface area contributed by atoms with Crippen LogP contribution in [0.1, 0.15) is 34.8 Å². The van der Waals surface area contributed by atoms with E-state index in [9.17, 15) is 9.59 Å². The molecule has 0 aromatic carbocycles. The van der Waals surface area contributed by atoms with Gasteiger partial charge in [-0.05, 0) is 24.8 Å². The molecule has 0 amide bonds. The summed E-state index contributed by atoms with van der Waals surface area (Å²) in [6.07, 6.45) is 2.17. The van der Waals surface area contributed by atoms with Gasteiger partial charge < -0.3 is 9.72 Å². The Labute approximate surface area is 80.9 Å². The molecule has 74 valence electrons. The van der Waals surface area contributed by atoms with Crippen molar-refractivity contribution in [1.29, 1.82) is 0 Å². The van der Waals surface area contributed by atoms with E-state index in [1.54, 1.807) is 6.07 Å². The fourth-order valence-electron chi connectivity index (χ4n) is 1.41. The molecule has 0 aliphatic heterocycles. The van der Waals surface area contributed by atoms with Crippen LogP contribution in [0.5, 0.6) is 0 Å². The van der Waals surface area contributed by atoms with E-state index in [0.29, 0.717) is 11.5 Å². The molecular weight excluding hydrogens is 182 g/mol. The summed E-state index contributed by atoms with van der Waals surface area (Å²) in [5.74, 6) is -0.0368. The van der Waals surface area contributed by atoms with Gasteiger partial charge in [0.25, 0.3) is 0 Å². The number of hydrogen-bond donors (Lipinski definition) is 1. The van der Waals surface area contributed by atoms with E-state index >= 15 is 0 Å². The molecule has 4 heteroatoms. The topological polar surface area (TPSA) is 59.2 Å². The summed E-state index contributed by atoms with van der Waals surface area (Å²) in [5.41, 5.74) is 0.936. The lowest BCUT2D eigenvalue weighted by Gasteiger charge is -2.01. The van der Waals surface area contributed by atoms with Crippen molar-refractivity contribution < 1.29 is 9.53 Å². The summed E-state index contributed by atoms with van der Waals surface area (Å²) in [5, 5.41) is 0. The Kier molecular flexibility index (Phi) is 2.11. The van der Waals surface area contributed by atoms with Gasteiger partial charge in [0, 0.05) is 11.8 Å². The molecular formula is C10H11NO3. The maximum atomic E-state index is 11.2. The van der Waals surface area contributed by atoms with E-state index < -0.39 is 5.97 Å². The smallest absolute Gasteiger partial charge is 0.338 e. The summed E-state index contributed by atoms with van der Waals surface area (Å²) in [4.78, 5) is 25.1. The van der Waals surface area contributed by atoms with E-state index in [-0.39, 0.29) is 5.56 Å². The Morgan fingerprint density at radius 3 is 2.79 bits per heavy atom. The first-order valence-corrected chi connectivity index (χ1v) is 4.53. The van der Waals surface area contributed by atoms with Crippen LogP contribution in [0.4, 0.5) is 0 Å². The zero-order chi connectivity index (χ0) is 10.1. The molecule has 0 unspecified atom stereocenters. The summed E-state index contributed by atoms with van der Waals surface area (Å²) >= 11 is 0. The SMILES string of the molecule is COC(=O)c1cc(C2CC2)[nH]c(=O)c1. The Morgan fingerprint density at radius 2 is 2.21 bits per heavy atom. The van der Waals surface area contributed by atoms with Gasteiger partial charge >= 0.3 is 5.97 Å². The number of methoxy groups -OCH3 is 1. The van der Waals surface area contributed by atoms with E-state index in [1.807, 2.05) is 0 Å². The third kappa shape index (κ3) is 1.69. The Bertz CT molecular complexity index is 418. The van der Waals surface area contributed by atoms with Crippen LogP contribution in [-0.4, -0.2) is 18.1 Å². The summed E-state index contributed by atoms with van der Waals surface area (Å²) in [6.45, 7) is 0. The number of nitrogens with one attached hydrogen (secondary N) is 1. The minimum atomic E-state index is -0.460. The number of carbonyl (C=O) groups excluding carboxylic acids is 1. The van der Waals surface area contributed by atoms with Crippen LogP contribution in [0.2, 0.25) is 0 Å². The molecule has 4 nitrogen and oxygen atoms in total. The average Bonchev–Trinajstić information content (AvgIpc) is 2.98. The molecule has 1 aliphatic carbocycles. The van der Waals surface area contributed by atoms with Gasteiger partial charge in [0.1, 0.15) is 0 Å². The first-order valence-electron chi connectivity index (χ1n) is 4.53. The maximum Gasteiger partial charge on any atom is 0.338 e. The van der Waals surface area contributed by atoms with Gasteiger partial charge in [0.05, 0.1) is 12.7 Å². The van der Waals surface area contributed by atoms with Crippen molar-refractivity contribution in [2.24, 2.45) is 0 Å². The van der Waals surface area contributed by atoms with Crippen molar-refractivity contribution in [3.05, 3.63) is 33.7 Å². The summed E-state index contributed by atoms with van der Waals surface area (Å²) in [6, 6.07) is 2.96. The minimum absolute atomic E-state index is 0.241. The third-order valence-corrected chi connectivity index (χ3v) is 2.30. The number of ether oxygens (including phenoxy) is 1. The molecule has 0 bridgehead atoms. The van der Waals surface area contributed by atoms with E-state index in [1.165, 1.54) is 13.2 Å². The van der Waals surface area contributed by atoms with E-state index in [4.69, 9.17) is 0 Å². The molecule has 0 radical (unpaired) electrons. The van der Waals surface area contributed by atoms with Gasteiger partial charge in [-0.15, -0.1) is 0 Å². The highest BCUT2D eigenvalue weighted by molar-refractivity contribution is 5.89. The molecule has 1 aromatic heterocycles. The van der Waals surface area contributed by atoms with Crippen LogP contribution in [0.3, 0.4) is 0 Å². The molecule has 0 saturated heterocycles. The number of carbonyl (C=O) groups is 1. The van der Waals surface area contributed by atoms with Gasteiger partial charge in [0.2, 0.25) is 5.56 Å². The molecule has 1 heterocycles. The summed E-state index contributed by atoms with van der Waals surface area (Å²) in [7, 11) is 1.31. The molecule has 1 N–H and O–H groups in total. The van der Waals surface area contributed by atoms with Crippen LogP contribution in [0, 0.1) is 0 Å². The number of hydrogen-bond acceptors (Lipinski definition) is 3. The largest absolute Gasteiger partial charge is 0.465 e. The lowest BCUT2D eigenvalue weighted by molar-refractivity contribution is 0.0600. The normalized spacial score (nSPS) is 15.2. The van der Waals surface area contributed by atoms with Crippen molar-refractivity contribution in [3.8, 4) is 0 Å². The van der Waals surface area contributed by atoms with Crippen molar-refractivity contribution in [3.63, 3.8) is 0 Å². The number of rotatable bonds is 2. The van der Waals surface area contributed by atoms with Crippen molar-refractivity contribution in [2.45, 2.75) is 18.8 Å². The molecule has 1 aliphatic rings. The molecule has 1 aromatic rings. The highest BCUT2D eigenvalue weighted by Crippen LogP contribution is 2.38. The van der Waals surface area contributed by atoms with Crippen LogP contribution in [0.25, 0.3) is 0 Å². The molecule has 0 atom stereocenters. The van der Waals surface area contributed by atoms with E-state index in [0.717, 1.165) is 18.5 Å². The van der Waals surface area contributed by atoms with Gasteiger partial charge in [-0.25, -0.2) is 4.79 Å². The summed E-state index contributed by atoms with van der Waals surface area (Å²) < 4.78 is 4.55. The Morgan fingerprint density at radius 1 is 1.50 bits per heavy atom. The predicted octanol–water partition coefficient (Wildman–Crippen LogP) is 1.04. The van der Waals surface area contributed by atoms with Crippen molar-refractivity contribution >= 4 is 5.97 Å². The van der Waals surface area contributed by atoms with Crippen molar-refractivity contribution in [1.82, 2.24) is 4.98 Å². The monoisotopic (exact) mass is 193 g/mol. The zero-order valence-corrected chi connectivity index (χ0v) is 7.87. The van der Waals surface area contributed by atoms with E-state index in [2.05, 4.69) is 9.72 Å². The minimum Gasteiger partial charge on any atom is -0.465 e. The van der Waals surface area contributed by atoms with Gasteiger partial charge in [-0.3, -0.25) is 4.79 Å². The second-order valence-electron chi connectivity index (χ2n) is 3.45. The fourth-order valence-corrected chi connectivity index (χ4v) is 1.41. The molecule has 14 heavy (non-hydrogen) atoms. The lowest BCUT2D eigenvalue weighted by atomic mass is 10.2. The third-order valence-electron chi connectivity index (χ3n) is 2.30. The maximum absolute atomic E-state index is 11.2. The second kappa shape index (κ2) is 3.29. The van der Waals surface area contributed by atoms with Crippen LogP contribution >= 0.6 is 0 Å². The highest BCUT2D eigenvalue weighted by atomic mass is 16.5. The van der Waals surface area contributed by atoms with Crippen LogP contribution in [-0.2, 0) is 4.74 Å². The van der Waals surface area contributed by atoms with Gasteiger partial charge in [-0.2, -0.15) is 0 Å². The first kappa shape index (κ1) is 8.99. The molecule has 1 fully saturated rings. The number of aromatic amines is 1. The number of pyridine rings is 1. The second-order valence-corrected chi connectivity index (χ2v) is 3.45. The van der Waals surface area contributed by atoms with Crippen LogP contribution < -0.4 is 5.56 Å². The van der Waals surface area contributed by atoms with Crippen LogP contribution in [0.15, 0.2) is 16.9 Å². The quantitative estimate of drug-likeness (QED) is 0.714. The Hall–Kier alpha value is -1.58. The number of esters is 1. The Balaban J connectivity index is 2.40. The number of aromatic nitrogens is 1. The highest BCUT2D eigenvalue weighted by Gasteiger charge is 2.25. The molecule has 2 rings (SSSR count). The lowest BCUT2D eigenvalue weighted by Crippen LogP contribution is -2.12.